The van der Waals surface area contributed by atoms with Gasteiger partial charge < -0.3 is 9.80 Å². The molecule has 126 valence electrons. The van der Waals surface area contributed by atoms with Gasteiger partial charge in [-0.05, 0) is 37.5 Å². The maximum absolute atomic E-state index is 13.0. The van der Waals surface area contributed by atoms with Crippen molar-refractivity contribution in [3.05, 3.63) is 47.8 Å². The summed E-state index contributed by atoms with van der Waals surface area (Å²) in [4.78, 5) is 25.7. The predicted octanol–water partition coefficient (Wildman–Crippen LogP) is 3.30. The first-order valence-corrected chi connectivity index (χ1v) is 8.57. The summed E-state index contributed by atoms with van der Waals surface area (Å²) in [6.45, 7) is 5.12. The van der Waals surface area contributed by atoms with E-state index in [0.717, 1.165) is 31.5 Å². The van der Waals surface area contributed by atoms with Crippen LogP contribution in [-0.2, 0) is 6.42 Å². The average Bonchev–Trinajstić information content (AvgIpc) is 2.94. The Morgan fingerprint density at radius 3 is 2.92 bits per heavy atom. The molecular weight excluding hydrogens is 300 g/mol. The third-order valence-corrected chi connectivity index (χ3v) is 4.48. The number of fused-ring (bicyclic) bond motifs is 1. The van der Waals surface area contributed by atoms with Gasteiger partial charge in [0.25, 0.3) is 5.91 Å². The van der Waals surface area contributed by atoms with Gasteiger partial charge in [-0.3, -0.25) is 4.79 Å². The van der Waals surface area contributed by atoms with Crippen LogP contribution in [0.15, 0.2) is 36.5 Å². The Morgan fingerprint density at radius 2 is 2.12 bits per heavy atom. The zero-order valence-electron chi connectivity index (χ0n) is 14.6. The van der Waals surface area contributed by atoms with Gasteiger partial charge in [-0.25, -0.2) is 9.97 Å². The van der Waals surface area contributed by atoms with E-state index < -0.39 is 0 Å². The van der Waals surface area contributed by atoms with Crippen LogP contribution in [0.5, 0.6) is 0 Å². The molecule has 2 heterocycles. The lowest BCUT2D eigenvalue weighted by atomic mass is 10.1. The second-order valence-corrected chi connectivity index (χ2v) is 6.37. The minimum absolute atomic E-state index is 0.0556. The zero-order chi connectivity index (χ0) is 17.1. The normalized spacial score (nSPS) is 16.1. The number of carbonyl (C=O) groups is 1. The Labute approximate surface area is 143 Å². The molecular formula is C19H24N4O. The minimum atomic E-state index is -0.0556. The summed E-state index contributed by atoms with van der Waals surface area (Å²) in [6, 6.07) is 9.93. The van der Waals surface area contributed by atoms with Crippen molar-refractivity contribution in [2.45, 2.75) is 39.2 Å². The maximum Gasteiger partial charge on any atom is 0.277 e. The quantitative estimate of drug-likeness (QED) is 0.847. The number of aromatic nitrogens is 2. The molecule has 0 spiro atoms. The number of rotatable bonds is 5. The average molecular weight is 324 g/mol. The number of carbonyl (C=O) groups excluding carboxylic acids is 1. The molecule has 0 N–H and O–H groups in total. The van der Waals surface area contributed by atoms with E-state index >= 15 is 0 Å². The molecule has 0 bridgehead atoms. The molecule has 0 saturated carbocycles. The molecule has 5 nitrogen and oxygen atoms in total. The van der Waals surface area contributed by atoms with Gasteiger partial charge >= 0.3 is 0 Å². The summed E-state index contributed by atoms with van der Waals surface area (Å²) < 4.78 is 0. The van der Waals surface area contributed by atoms with Gasteiger partial charge in [-0.15, -0.1) is 0 Å². The van der Waals surface area contributed by atoms with Gasteiger partial charge in [0, 0.05) is 31.5 Å². The first-order chi connectivity index (χ1) is 11.6. The summed E-state index contributed by atoms with van der Waals surface area (Å²) >= 11 is 0. The molecule has 0 radical (unpaired) electrons. The van der Waals surface area contributed by atoms with Crippen molar-refractivity contribution in [3.8, 4) is 0 Å². The molecule has 1 unspecified atom stereocenters. The van der Waals surface area contributed by atoms with Crippen molar-refractivity contribution in [1.29, 1.82) is 0 Å². The van der Waals surface area contributed by atoms with Crippen LogP contribution in [0.25, 0.3) is 0 Å². The molecule has 1 aliphatic rings. The Morgan fingerprint density at radius 1 is 1.33 bits per heavy atom. The van der Waals surface area contributed by atoms with E-state index in [0.29, 0.717) is 11.6 Å². The first-order valence-electron chi connectivity index (χ1n) is 8.57. The van der Waals surface area contributed by atoms with Crippen LogP contribution in [0.1, 0.15) is 42.7 Å². The van der Waals surface area contributed by atoms with Gasteiger partial charge in [0.2, 0.25) is 5.95 Å². The highest BCUT2D eigenvalue weighted by molar-refractivity contribution is 6.06. The van der Waals surface area contributed by atoms with Gasteiger partial charge in [-0.1, -0.05) is 31.5 Å². The van der Waals surface area contributed by atoms with Crippen molar-refractivity contribution >= 4 is 17.5 Å². The summed E-state index contributed by atoms with van der Waals surface area (Å²) in [5, 5.41) is 0. The summed E-state index contributed by atoms with van der Waals surface area (Å²) in [6.07, 6.45) is 4.75. The highest BCUT2D eigenvalue weighted by Crippen LogP contribution is 2.32. The van der Waals surface area contributed by atoms with E-state index in [9.17, 15) is 4.79 Å². The molecule has 1 aromatic carbocycles. The van der Waals surface area contributed by atoms with Crippen LogP contribution in [0.3, 0.4) is 0 Å². The molecule has 1 aromatic heterocycles. The van der Waals surface area contributed by atoms with Crippen molar-refractivity contribution in [2.75, 3.05) is 23.4 Å². The fourth-order valence-corrected chi connectivity index (χ4v) is 3.15. The largest absolute Gasteiger partial charge is 0.344 e. The number of unbranched alkanes of at least 4 members (excludes halogenated alkanes) is 1. The number of nitrogens with zero attached hydrogens (tertiary/aromatic N) is 4. The lowest BCUT2D eigenvalue weighted by Gasteiger charge is -2.23. The van der Waals surface area contributed by atoms with E-state index in [-0.39, 0.29) is 11.9 Å². The molecule has 0 aliphatic carbocycles. The van der Waals surface area contributed by atoms with Crippen LogP contribution in [0.4, 0.5) is 11.6 Å². The fraction of sp³-hybridized carbons (Fsp3) is 0.421. The van der Waals surface area contributed by atoms with Gasteiger partial charge in [0.15, 0.2) is 0 Å². The summed E-state index contributed by atoms with van der Waals surface area (Å²) in [5.41, 5.74) is 2.66. The second kappa shape index (κ2) is 6.99. The molecule has 2 aromatic rings. The topological polar surface area (TPSA) is 49.3 Å². The van der Waals surface area contributed by atoms with E-state index in [1.54, 1.807) is 12.3 Å². The molecule has 0 saturated heterocycles. The standard InChI is InChI=1S/C19H24N4O/c1-4-5-12-22(3)19-20-11-10-16(21-19)18(24)23-14(2)13-15-8-6-7-9-17(15)23/h6-11,14H,4-5,12-13H2,1-3H3. The smallest absolute Gasteiger partial charge is 0.277 e. The van der Waals surface area contributed by atoms with Crippen LogP contribution >= 0.6 is 0 Å². The Balaban J connectivity index is 1.86. The van der Waals surface area contributed by atoms with E-state index in [1.165, 1.54) is 5.56 Å². The van der Waals surface area contributed by atoms with Gasteiger partial charge in [0.05, 0.1) is 0 Å². The maximum atomic E-state index is 13.0. The highest BCUT2D eigenvalue weighted by Gasteiger charge is 2.32. The third-order valence-electron chi connectivity index (χ3n) is 4.48. The van der Waals surface area contributed by atoms with E-state index in [1.807, 2.05) is 35.0 Å². The van der Waals surface area contributed by atoms with Crippen molar-refractivity contribution < 1.29 is 4.79 Å². The van der Waals surface area contributed by atoms with Crippen LogP contribution in [0.2, 0.25) is 0 Å². The second-order valence-electron chi connectivity index (χ2n) is 6.37. The number of anilines is 2. The van der Waals surface area contributed by atoms with Crippen molar-refractivity contribution in [3.63, 3.8) is 0 Å². The van der Waals surface area contributed by atoms with Crippen LogP contribution in [0, 0.1) is 0 Å². The Bertz CT molecular complexity index is 731. The summed E-state index contributed by atoms with van der Waals surface area (Å²) in [5.74, 6) is 0.550. The van der Waals surface area contributed by atoms with Crippen molar-refractivity contribution in [2.24, 2.45) is 0 Å². The fourth-order valence-electron chi connectivity index (χ4n) is 3.15. The Kier molecular flexibility index (Phi) is 4.79. The molecule has 24 heavy (non-hydrogen) atoms. The third kappa shape index (κ3) is 3.11. The lowest BCUT2D eigenvalue weighted by Crippen LogP contribution is -2.36. The summed E-state index contributed by atoms with van der Waals surface area (Å²) in [7, 11) is 1.97. The number of hydrogen-bond acceptors (Lipinski definition) is 4. The number of benzene rings is 1. The van der Waals surface area contributed by atoms with E-state index in [4.69, 9.17) is 0 Å². The Hall–Kier alpha value is -2.43. The molecule has 1 amide bonds. The van der Waals surface area contributed by atoms with Crippen LogP contribution in [-0.4, -0.2) is 35.5 Å². The predicted molar refractivity (Wildman–Crippen MR) is 96.6 cm³/mol. The van der Waals surface area contributed by atoms with Crippen molar-refractivity contribution in [1.82, 2.24) is 9.97 Å². The van der Waals surface area contributed by atoms with Gasteiger partial charge in [0.1, 0.15) is 5.69 Å². The number of amides is 1. The number of hydrogen-bond donors (Lipinski definition) is 0. The molecule has 1 atom stereocenters. The van der Waals surface area contributed by atoms with E-state index in [2.05, 4.69) is 29.9 Å². The van der Waals surface area contributed by atoms with Gasteiger partial charge in [-0.2, -0.15) is 0 Å². The molecule has 5 heteroatoms. The monoisotopic (exact) mass is 324 g/mol. The van der Waals surface area contributed by atoms with Crippen LogP contribution < -0.4 is 9.80 Å². The minimum Gasteiger partial charge on any atom is -0.344 e. The molecule has 0 fully saturated rings. The molecule has 3 rings (SSSR count). The number of para-hydroxylation sites is 1. The SMILES string of the molecule is CCCCN(C)c1nccc(C(=O)N2c3ccccc3CC2C)n1. The highest BCUT2D eigenvalue weighted by atomic mass is 16.2. The lowest BCUT2D eigenvalue weighted by molar-refractivity contribution is 0.0976. The first kappa shape index (κ1) is 16.4. The zero-order valence-corrected chi connectivity index (χ0v) is 14.6. The molecule has 1 aliphatic heterocycles.